The number of carbonyl (C=O) groups excluding carboxylic acids is 2. The molecule has 0 radical (unpaired) electrons. The fourth-order valence-electron chi connectivity index (χ4n) is 1.54. The number of hydrogen-bond acceptors (Lipinski definition) is 4. The topological polar surface area (TPSA) is 49.4 Å². The van der Waals surface area contributed by atoms with Crippen LogP contribution in [-0.2, 0) is 4.79 Å². The molecular formula is C13H18Cl2N2O2S. The first-order valence-corrected chi connectivity index (χ1v) is 7.80. The molecule has 0 saturated heterocycles. The molecule has 0 aliphatic rings. The van der Waals surface area contributed by atoms with Crippen molar-refractivity contribution in [3.8, 4) is 0 Å². The Balaban J connectivity index is 2.46. The van der Waals surface area contributed by atoms with Crippen LogP contribution in [-0.4, -0.2) is 43.3 Å². The van der Waals surface area contributed by atoms with E-state index in [1.54, 1.807) is 18.0 Å². The minimum atomic E-state index is -0.141. The summed E-state index contributed by atoms with van der Waals surface area (Å²) in [5.41, 5.74) is 0.413. The van der Waals surface area contributed by atoms with Gasteiger partial charge in [0.2, 0.25) is 5.91 Å². The molecule has 7 heteroatoms. The molecule has 0 spiro atoms. The Labute approximate surface area is 133 Å². The average molecular weight is 337 g/mol. The smallest absolute Gasteiger partial charge is 0.234 e. The standard InChI is InChI=1S/C13H18Cl2N2O2S/c1-8(2)5-16-12(19)7-17(3)6-10(18)9-4-11(14)20-13(9)15/h4,8H,5-7H2,1-3H3,(H,16,19). The monoisotopic (exact) mass is 336 g/mol. The first-order valence-electron chi connectivity index (χ1n) is 6.23. The lowest BCUT2D eigenvalue weighted by Gasteiger charge is -2.15. The average Bonchev–Trinajstić information content (AvgIpc) is 2.65. The molecular weight excluding hydrogens is 319 g/mol. The number of nitrogens with zero attached hydrogens (tertiary/aromatic N) is 1. The van der Waals surface area contributed by atoms with E-state index in [1.165, 1.54) is 0 Å². The van der Waals surface area contributed by atoms with Crippen molar-refractivity contribution in [1.82, 2.24) is 10.2 Å². The zero-order chi connectivity index (χ0) is 15.3. The Hall–Kier alpha value is -0.620. The maximum absolute atomic E-state index is 12.0. The highest BCUT2D eigenvalue weighted by Gasteiger charge is 2.17. The van der Waals surface area contributed by atoms with Crippen molar-refractivity contribution in [2.24, 2.45) is 5.92 Å². The third-order valence-corrected chi connectivity index (χ3v) is 3.98. The molecule has 20 heavy (non-hydrogen) atoms. The van der Waals surface area contributed by atoms with Gasteiger partial charge in [-0.25, -0.2) is 0 Å². The van der Waals surface area contributed by atoms with E-state index in [0.717, 1.165) is 11.3 Å². The highest BCUT2D eigenvalue weighted by molar-refractivity contribution is 7.20. The predicted octanol–water partition coefficient (Wildman–Crippen LogP) is 2.94. The fourth-order valence-corrected chi connectivity index (χ4v) is 3.03. The summed E-state index contributed by atoms with van der Waals surface area (Å²) in [6.45, 7) is 4.98. The van der Waals surface area contributed by atoms with E-state index >= 15 is 0 Å². The molecule has 0 saturated carbocycles. The van der Waals surface area contributed by atoms with Crippen LogP contribution < -0.4 is 5.32 Å². The second-order valence-electron chi connectivity index (χ2n) is 5.03. The third-order valence-electron chi connectivity index (χ3n) is 2.49. The van der Waals surface area contributed by atoms with Crippen LogP contribution in [0.5, 0.6) is 0 Å². The lowest BCUT2D eigenvalue weighted by molar-refractivity contribution is -0.121. The second kappa shape index (κ2) is 7.98. The van der Waals surface area contributed by atoms with Crippen LogP contribution in [0.1, 0.15) is 24.2 Å². The number of halogens is 2. The number of carbonyl (C=O) groups is 2. The summed E-state index contributed by atoms with van der Waals surface area (Å²) in [5.74, 6) is 0.165. The van der Waals surface area contributed by atoms with Crippen LogP contribution >= 0.6 is 34.5 Å². The first kappa shape index (κ1) is 17.4. The highest BCUT2D eigenvalue weighted by atomic mass is 35.5. The van der Waals surface area contributed by atoms with Crippen molar-refractivity contribution in [3.63, 3.8) is 0 Å². The number of likely N-dealkylation sites (N-methyl/N-ethyl adjacent to an activating group) is 1. The van der Waals surface area contributed by atoms with Gasteiger partial charge in [0, 0.05) is 6.54 Å². The van der Waals surface area contributed by atoms with Gasteiger partial charge in [0.25, 0.3) is 0 Å². The van der Waals surface area contributed by atoms with Crippen molar-refractivity contribution in [1.29, 1.82) is 0 Å². The molecule has 112 valence electrons. The summed E-state index contributed by atoms with van der Waals surface area (Å²) in [6.07, 6.45) is 0. The van der Waals surface area contributed by atoms with Gasteiger partial charge >= 0.3 is 0 Å². The molecule has 1 heterocycles. The van der Waals surface area contributed by atoms with Crippen molar-refractivity contribution in [2.45, 2.75) is 13.8 Å². The number of amides is 1. The Morgan fingerprint density at radius 2 is 2.00 bits per heavy atom. The van der Waals surface area contributed by atoms with Crippen molar-refractivity contribution in [3.05, 3.63) is 20.3 Å². The van der Waals surface area contributed by atoms with Crippen molar-refractivity contribution in [2.75, 3.05) is 26.7 Å². The molecule has 1 amide bonds. The van der Waals surface area contributed by atoms with Crippen LogP contribution in [0.2, 0.25) is 8.67 Å². The van der Waals surface area contributed by atoms with Gasteiger partial charge < -0.3 is 5.32 Å². The van der Waals surface area contributed by atoms with E-state index < -0.39 is 0 Å². The Morgan fingerprint density at radius 3 is 2.50 bits per heavy atom. The van der Waals surface area contributed by atoms with Gasteiger partial charge in [-0.1, -0.05) is 37.0 Å². The molecule has 0 bridgehead atoms. The first-order chi connectivity index (χ1) is 9.29. The minimum absolute atomic E-state index is 0.0940. The van der Waals surface area contributed by atoms with E-state index in [1.807, 2.05) is 13.8 Å². The Kier molecular flexibility index (Phi) is 6.95. The van der Waals surface area contributed by atoms with Crippen LogP contribution in [0.25, 0.3) is 0 Å². The number of nitrogens with one attached hydrogen (secondary N) is 1. The number of thiophene rings is 1. The predicted molar refractivity (Wildman–Crippen MR) is 84.0 cm³/mol. The van der Waals surface area contributed by atoms with Crippen LogP contribution in [0.3, 0.4) is 0 Å². The van der Waals surface area contributed by atoms with Crippen LogP contribution in [0.15, 0.2) is 6.07 Å². The molecule has 0 aliphatic carbocycles. The van der Waals surface area contributed by atoms with Crippen LogP contribution in [0, 0.1) is 5.92 Å². The van der Waals surface area contributed by atoms with Crippen LogP contribution in [0.4, 0.5) is 0 Å². The van der Waals surface area contributed by atoms with E-state index in [4.69, 9.17) is 23.2 Å². The molecule has 1 aromatic rings. The van der Waals surface area contributed by atoms with Gasteiger partial charge in [0.15, 0.2) is 5.78 Å². The maximum atomic E-state index is 12.0. The van der Waals surface area contributed by atoms with Crippen molar-refractivity contribution < 1.29 is 9.59 Å². The molecule has 0 fully saturated rings. The van der Waals surface area contributed by atoms with Crippen molar-refractivity contribution >= 4 is 46.2 Å². The summed E-state index contributed by atoms with van der Waals surface area (Å²) >= 11 is 12.9. The zero-order valence-electron chi connectivity index (χ0n) is 11.7. The summed E-state index contributed by atoms with van der Waals surface area (Å²) in [4.78, 5) is 25.3. The molecule has 0 atom stereocenters. The molecule has 1 aromatic heterocycles. The molecule has 4 nitrogen and oxygen atoms in total. The Bertz CT molecular complexity index is 489. The summed E-state index contributed by atoms with van der Waals surface area (Å²) in [7, 11) is 1.72. The zero-order valence-corrected chi connectivity index (χ0v) is 14.0. The molecule has 0 unspecified atom stereocenters. The summed E-state index contributed by atoms with van der Waals surface area (Å²) in [6, 6.07) is 1.56. The van der Waals surface area contributed by atoms with Gasteiger partial charge in [0.05, 0.1) is 23.0 Å². The SMILES string of the molecule is CC(C)CNC(=O)CN(C)CC(=O)c1cc(Cl)sc1Cl. The number of hydrogen-bond donors (Lipinski definition) is 1. The van der Waals surface area contributed by atoms with Gasteiger partial charge in [-0.2, -0.15) is 0 Å². The minimum Gasteiger partial charge on any atom is -0.355 e. The van der Waals surface area contributed by atoms with Gasteiger partial charge in [-0.15, -0.1) is 11.3 Å². The van der Waals surface area contributed by atoms with Gasteiger partial charge in [0.1, 0.15) is 4.34 Å². The second-order valence-corrected chi connectivity index (χ2v) is 7.32. The van der Waals surface area contributed by atoms with E-state index in [9.17, 15) is 9.59 Å². The molecule has 0 aromatic carbocycles. The van der Waals surface area contributed by atoms with E-state index in [-0.39, 0.29) is 24.8 Å². The maximum Gasteiger partial charge on any atom is 0.234 e. The van der Waals surface area contributed by atoms with E-state index in [2.05, 4.69) is 5.32 Å². The quantitative estimate of drug-likeness (QED) is 0.779. The highest BCUT2D eigenvalue weighted by Crippen LogP contribution is 2.31. The normalized spacial score (nSPS) is 11.2. The lowest BCUT2D eigenvalue weighted by atomic mass is 10.2. The number of rotatable bonds is 7. The number of Topliss-reactive ketones (excluding diaryl/α,β-unsaturated/α-hetero) is 1. The Morgan fingerprint density at radius 1 is 1.35 bits per heavy atom. The number of ketones is 1. The largest absolute Gasteiger partial charge is 0.355 e. The fraction of sp³-hybridized carbons (Fsp3) is 0.538. The molecule has 1 N–H and O–H groups in total. The molecule has 0 aliphatic heterocycles. The van der Waals surface area contributed by atoms with E-state index in [0.29, 0.717) is 26.7 Å². The summed E-state index contributed by atoms with van der Waals surface area (Å²) in [5, 5.41) is 2.80. The third kappa shape index (κ3) is 5.79. The molecule has 1 rings (SSSR count). The van der Waals surface area contributed by atoms with Gasteiger partial charge in [-0.05, 0) is 19.0 Å². The van der Waals surface area contributed by atoms with Gasteiger partial charge in [-0.3, -0.25) is 14.5 Å². The summed E-state index contributed by atoms with van der Waals surface area (Å²) < 4.78 is 0.869. The lowest BCUT2D eigenvalue weighted by Crippen LogP contribution is -2.38.